The van der Waals surface area contributed by atoms with Crippen molar-refractivity contribution in [2.24, 2.45) is 0 Å². The van der Waals surface area contributed by atoms with Crippen LogP contribution in [0, 0.1) is 5.95 Å². The molecule has 0 saturated heterocycles. The van der Waals surface area contributed by atoms with Crippen molar-refractivity contribution in [3.63, 3.8) is 0 Å². The Morgan fingerprint density at radius 1 is 0.600 bits per heavy atom. The molecule has 0 saturated carbocycles. The normalized spacial score (nSPS) is 11.0. The number of hydrogen-bond donors (Lipinski definition) is 0. The molecular weight excluding hydrogens is 450 g/mol. The minimum absolute atomic E-state index is 0.255. The molecule has 0 N–H and O–H groups in total. The van der Waals surface area contributed by atoms with Crippen LogP contribution in [-0.2, 0) is 0 Å². The molecule has 0 spiro atoms. The maximum absolute atomic E-state index is 13.8. The molecule has 25 heavy (non-hydrogen) atoms. The van der Waals surface area contributed by atoms with E-state index in [0.717, 1.165) is 0 Å². The van der Waals surface area contributed by atoms with Crippen LogP contribution >= 0.6 is 69.6 Å². The molecule has 128 valence electrons. The summed E-state index contributed by atoms with van der Waals surface area (Å²) < 4.78 is 13.8. The fourth-order valence-electron chi connectivity index (χ4n) is 2.43. The Kier molecular flexibility index (Phi) is 5.69. The van der Waals surface area contributed by atoms with Gasteiger partial charge in [0.1, 0.15) is 0 Å². The van der Waals surface area contributed by atoms with Crippen LogP contribution in [0.3, 0.4) is 0 Å². The van der Waals surface area contributed by atoms with Crippen molar-refractivity contribution < 1.29 is 4.39 Å². The Bertz CT molecular complexity index is 943. The summed E-state index contributed by atoms with van der Waals surface area (Å²) in [6, 6.07) is 7.29. The first-order chi connectivity index (χ1) is 11.8. The number of halogens is 7. The largest absolute Gasteiger partial charge is 0.228 e. The van der Waals surface area contributed by atoms with Crippen LogP contribution in [-0.4, -0.2) is 4.98 Å². The Morgan fingerprint density at radius 3 is 1.44 bits per heavy atom. The maximum atomic E-state index is 13.8. The molecule has 0 unspecified atom stereocenters. The smallest absolute Gasteiger partial charge is 0.213 e. The molecule has 2 aromatic carbocycles. The molecule has 0 atom stereocenters. The molecule has 1 aromatic heterocycles. The van der Waals surface area contributed by atoms with E-state index in [1.54, 1.807) is 0 Å². The lowest BCUT2D eigenvalue weighted by Crippen LogP contribution is -1.94. The van der Waals surface area contributed by atoms with Gasteiger partial charge in [-0.3, -0.25) is 0 Å². The lowest BCUT2D eigenvalue weighted by Gasteiger charge is -2.15. The molecule has 3 rings (SSSR count). The van der Waals surface area contributed by atoms with E-state index >= 15 is 0 Å². The number of pyridine rings is 1. The van der Waals surface area contributed by atoms with E-state index < -0.39 is 5.95 Å². The SMILES string of the molecule is Fc1cc(-c2c(Cl)cc(Cl)cc2Cl)c(-c2c(Cl)cc(Cl)cc2Cl)cn1. The fraction of sp³-hybridized carbons (Fsp3) is 0. The van der Waals surface area contributed by atoms with E-state index in [0.29, 0.717) is 32.3 Å². The summed E-state index contributed by atoms with van der Waals surface area (Å²) in [5.41, 5.74) is 1.67. The predicted molar refractivity (Wildman–Crippen MR) is 105 cm³/mol. The average Bonchev–Trinajstić information content (AvgIpc) is 2.47. The summed E-state index contributed by atoms with van der Waals surface area (Å²) in [4.78, 5) is 3.69. The van der Waals surface area contributed by atoms with E-state index in [9.17, 15) is 4.39 Å². The zero-order valence-corrected chi connectivity index (χ0v) is 16.6. The molecule has 0 amide bonds. The maximum Gasteiger partial charge on any atom is 0.213 e. The molecule has 1 heterocycles. The van der Waals surface area contributed by atoms with Gasteiger partial charge in [0.2, 0.25) is 5.95 Å². The minimum Gasteiger partial charge on any atom is -0.228 e. The Morgan fingerprint density at radius 2 is 1.00 bits per heavy atom. The first kappa shape index (κ1) is 19.0. The second-order valence-corrected chi connectivity index (χ2v) is 7.54. The third-order valence-electron chi connectivity index (χ3n) is 3.42. The highest BCUT2D eigenvalue weighted by molar-refractivity contribution is 6.43. The molecule has 0 aliphatic carbocycles. The number of rotatable bonds is 2. The highest BCUT2D eigenvalue weighted by Gasteiger charge is 2.20. The van der Waals surface area contributed by atoms with Crippen LogP contribution in [0.4, 0.5) is 4.39 Å². The molecule has 8 heteroatoms. The van der Waals surface area contributed by atoms with Gasteiger partial charge in [-0.1, -0.05) is 69.6 Å². The highest BCUT2D eigenvalue weighted by Crippen LogP contribution is 2.45. The first-order valence-corrected chi connectivity index (χ1v) is 9.00. The quantitative estimate of drug-likeness (QED) is 0.353. The summed E-state index contributed by atoms with van der Waals surface area (Å²) in [5, 5.41) is 1.81. The van der Waals surface area contributed by atoms with Gasteiger partial charge in [0.25, 0.3) is 0 Å². The van der Waals surface area contributed by atoms with Crippen LogP contribution in [0.2, 0.25) is 30.1 Å². The fourth-order valence-corrected chi connectivity index (χ4v) is 4.48. The Labute approximate surface area is 173 Å². The lowest BCUT2D eigenvalue weighted by atomic mass is 9.96. The van der Waals surface area contributed by atoms with Crippen molar-refractivity contribution in [3.05, 3.63) is 72.6 Å². The van der Waals surface area contributed by atoms with E-state index in [-0.39, 0.29) is 20.1 Å². The number of aromatic nitrogens is 1. The summed E-state index contributed by atoms with van der Waals surface area (Å²) in [6.45, 7) is 0. The molecule has 1 nitrogen and oxygen atoms in total. The minimum atomic E-state index is -0.706. The Hall–Kier alpha value is -0.740. The van der Waals surface area contributed by atoms with Gasteiger partial charge in [-0.25, -0.2) is 4.98 Å². The van der Waals surface area contributed by atoms with Gasteiger partial charge < -0.3 is 0 Å². The summed E-state index contributed by atoms with van der Waals surface area (Å²) >= 11 is 37.1. The van der Waals surface area contributed by atoms with Crippen LogP contribution in [0.25, 0.3) is 22.3 Å². The van der Waals surface area contributed by atoms with Crippen LogP contribution in [0.5, 0.6) is 0 Å². The molecule has 0 bridgehead atoms. The lowest BCUT2D eigenvalue weighted by molar-refractivity contribution is 0.584. The van der Waals surface area contributed by atoms with Crippen molar-refractivity contribution in [2.45, 2.75) is 0 Å². The molecule has 0 aliphatic rings. The van der Waals surface area contributed by atoms with Gasteiger partial charge >= 0.3 is 0 Å². The van der Waals surface area contributed by atoms with Crippen molar-refractivity contribution in [2.75, 3.05) is 0 Å². The first-order valence-electron chi connectivity index (χ1n) is 6.73. The molecule has 3 aromatic rings. The number of benzene rings is 2. The van der Waals surface area contributed by atoms with Crippen molar-refractivity contribution in [1.82, 2.24) is 4.98 Å². The zero-order chi connectivity index (χ0) is 18.3. The molecule has 0 radical (unpaired) electrons. The van der Waals surface area contributed by atoms with Gasteiger partial charge in [0, 0.05) is 39.0 Å². The standard InChI is InChI=1S/C17H6Cl6FN/c18-7-1-11(20)16(12(21)2-7)9-5-15(24)25-6-10(9)17-13(22)3-8(19)4-14(17)23/h1-6H. The molecule has 0 aliphatic heterocycles. The van der Waals surface area contributed by atoms with Gasteiger partial charge in [0.05, 0.1) is 20.1 Å². The second-order valence-electron chi connectivity index (χ2n) is 5.04. The van der Waals surface area contributed by atoms with Gasteiger partial charge in [0.15, 0.2) is 0 Å². The van der Waals surface area contributed by atoms with E-state index in [2.05, 4.69) is 4.98 Å². The summed E-state index contributed by atoms with van der Waals surface area (Å²) in [7, 11) is 0. The van der Waals surface area contributed by atoms with Crippen LogP contribution in [0.15, 0.2) is 36.5 Å². The van der Waals surface area contributed by atoms with Gasteiger partial charge in [-0.15, -0.1) is 0 Å². The summed E-state index contributed by atoms with van der Waals surface area (Å²) in [6.07, 6.45) is 1.31. The van der Waals surface area contributed by atoms with E-state index in [1.807, 2.05) is 0 Å². The molecular formula is C17H6Cl6FN. The van der Waals surface area contributed by atoms with E-state index in [1.165, 1.54) is 36.5 Å². The average molecular weight is 456 g/mol. The van der Waals surface area contributed by atoms with Gasteiger partial charge in [-0.05, 0) is 29.8 Å². The number of hydrogen-bond acceptors (Lipinski definition) is 1. The van der Waals surface area contributed by atoms with E-state index in [4.69, 9.17) is 69.6 Å². The third kappa shape index (κ3) is 3.85. The van der Waals surface area contributed by atoms with Crippen molar-refractivity contribution in [1.29, 1.82) is 0 Å². The third-order valence-corrected chi connectivity index (χ3v) is 5.05. The van der Waals surface area contributed by atoms with Crippen molar-refractivity contribution >= 4 is 69.6 Å². The monoisotopic (exact) mass is 453 g/mol. The highest BCUT2D eigenvalue weighted by atomic mass is 35.5. The predicted octanol–water partition coefficient (Wildman–Crippen LogP) is 8.48. The van der Waals surface area contributed by atoms with Crippen molar-refractivity contribution in [3.8, 4) is 22.3 Å². The zero-order valence-electron chi connectivity index (χ0n) is 12.1. The van der Waals surface area contributed by atoms with Crippen LogP contribution in [0.1, 0.15) is 0 Å². The Balaban J connectivity index is 2.37. The van der Waals surface area contributed by atoms with Gasteiger partial charge in [-0.2, -0.15) is 4.39 Å². The second kappa shape index (κ2) is 7.48. The van der Waals surface area contributed by atoms with Crippen LogP contribution < -0.4 is 0 Å². The number of nitrogens with zero attached hydrogens (tertiary/aromatic N) is 1. The summed E-state index contributed by atoms with van der Waals surface area (Å²) in [5.74, 6) is -0.706. The topological polar surface area (TPSA) is 12.9 Å². The molecule has 0 fully saturated rings.